The quantitative estimate of drug-likeness (QED) is 0.0216. The fourth-order valence-electron chi connectivity index (χ4n) is 14.1. The van der Waals surface area contributed by atoms with Crippen LogP contribution in [-0.4, -0.2) is 74.4 Å². The Kier molecular flexibility index (Phi) is 41.1. The molecule has 0 bridgehead atoms. The fraction of sp³-hybridized carbons (Fsp3) is 0.659. The number of thiophene rings is 2. The van der Waals surface area contributed by atoms with Crippen molar-refractivity contribution in [1.29, 1.82) is 0 Å². The molecule has 6 rings (SSSR count). The maximum atomic E-state index is 6.91. The Morgan fingerprint density at radius 2 is 0.684 bits per heavy atom. The van der Waals surface area contributed by atoms with Crippen LogP contribution in [0.15, 0.2) is 60.7 Å². The summed E-state index contributed by atoms with van der Waals surface area (Å²) in [4.78, 5) is 0. The number of ether oxygens (including phenoxy) is 5. The minimum absolute atomic E-state index is 0.402. The van der Waals surface area contributed by atoms with Gasteiger partial charge in [-0.15, -0.1) is 0 Å². The molecule has 0 spiro atoms. The SMILES string of the molecule is CCCCCCCCOc1cc(/C=C/c2cc(OC[C@@H](C)CC)c(/C=C/c3ccc(-n4c5c[c]([Sn]([CH2]CCC)([CH2]CCC)[CH2]CCC)sc5c5s[c]([Sn]([CH2]CCC)([CH2]CCC)[CH2]CCC)cc54)cc3)cc2OC[C@@H](C)CC)cc(OCCCCCCCC)c1OCCCCCCCC. The van der Waals surface area contributed by atoms with E-state index in [0.717, 1.165) is 77.5 Å². The molecule has 0 aliphatic carbocycles. The molecule has 6 nitrogen and oxygen atoms in total. The van der Waals surface area contributed by atoms with Crippen LogP contribution in [0.1, 0.15) is 318 Å². The van der Waals surface area contributed by atoms with Crippen molar-refractivity contribution in [3.63, 3.8) is 0 Å². The molecular weight excluding hydrogens is 1450 g/mol. The molecule has 98 heavy (non-hydrogen) atoms. The number of fused-ring (bicyclic) bond motifs is 3. The van der Waals surface area contributed by atoms with Crippen LogP contribution in [0.25, 0.3) is 50.4 Å². The summed E-state index contributed by atoms with van der Waals surface area (Å²) >= 11 is -0.967. The summed E-state index contributed by atoms with van der Waals surface area (Å²) in [6, 6.07) is 24.0. The van der Waals surface area contributed by atoms with Crippen LogP contribution in [0.4, 0.5) is 0 Å². The summed E-state index contributed by atoms with van der Waals surface area (Å²) in [6.07, 6.45) is 49.0. The Morgan fingerprint density at radius 3 is 1.04 bits per heavy atom. The Labute approximate surface area is 617 Å². The molecule has 3 aromatic heterocycles. The molecule has 0 saturated heterocycles. The monoisotopic (exact) mass is 1600 g/mol. The third-order valence-electron chi connectivity index (χ3n) is 21.2. The van der Waals surface area contributed by atoms with Gasteiger partial charge >= 0.3 is 313 Å². The van der Waals surface area contributed by atoms with E-state index in [1.807, 2.05) is 5.79 Å². The standard InChI is InChI=1S/C64H87NO5S2.6C4H9.2Sn/c1-8-13-16-19-22-25-38-66-60-43-52(44-61(67-39-26-23-20-17-14-9-2)62(60)68-40-27-24-21-18-15-10-3)29-33-54-46-58(69-47-49(6)11-4)53(45-59(54)70-48-50(7)12-5)32-28-51-30-34-55(35-31-51)65-56-36-41-71-63(56)64-57(65)37-42-72-64;6*1-3-4-2;;/h28-37,43-46,49-50H,8-27,38-40,47-48H2,1-7H3;6*1,3-4H2,2H3;;/b32-28+,33-29+;;;;;;;;/t49-,50-;;;;;;;;/m0......../s1. The van der Waals surface area contributed by atoms with Crippen LogP contribution in [0.2, 0.25) is 26.6 Å². The van der Waals surface area contributed by atoms with Crippen molar-refractivity contribution in [2.45, 2.75) is 322 Å². The number of hydrogen-bond acceptors (Lipinski definition) is 7. The Balaban J connectivity index is 1.45. The van der Waals surface area contributed by atoms with E-state index in [1.165, 1.54) is 222 Å². The number of nitrogens with zero attached hydrogens (tertiary/aromatic N) is 1. The van der Waals surface area contributed by atoms with E-state index >= 15 is 0 Å². The van der Waals surface area contributed by atoms with Gasteiger partial charge in [0.25, 0.3) is 0 Å². The van der Waals surface area contributed by atoms with Crippen LogP contribution >= 0.6 is 22.7 Å². The molecule has 0 radical (unpaired) electrons. The number of benzene rings is 3. The van der Waals surface area contributed by atoms with Crippen molar-refractivity contribution in [3.8, 4) is 34.4 Å². The average molecular weight is 1590 g/mol. The first-order chi connectivity index (χ1) is 47.9. The second-order valence-corrected chi connectivity index (χ2v) is 60.1. The number of aromatic nitrogens is 1. The summed E-state index contributed by atoms with van der Waals surface area (Å²) in [6.45, 7) is 33.7. The summed E-state index contributed by atoms with van der Waals surface area (Å²) in [5.41, 5.74) is 8.45. The van der Waals surface area contributed by atoms with Crippen molar-refractivity contribution in [1.82, 2.24) is 4.57 Å². The van der Waals surface area contributed by atoms with Gasteiger partial charge < -0.3 is 23.7 Å². The zero-order valence-corrected chi connectivity index (χ0v) is 72.3. The van der Waals surface area contributed by atoms with Gasteiger partial charge in [0.1, 0.15) is 5.75 Å². The molecule has 0 saturated carbocycles. The van der Waals surface area contributed by atoms with Crippen molar-refractivity contribution < 1.29 is 23.7 Å². The molecule has 2 atom stereocenters. The molecule has 3 aromatic carbocycles. The Morgan fingerprint density at radius 1 is 0.347 bits per heavy atom. The van der Waals surface area contributed by atoms with Crippen LogP contribution < -0.4 is 29.5 Å². The van der Waals surface area contributed by atoms with Crippen LogP contribution in [-0.2, 0) is 0 Å². The second kappa shape index (κ2) is 48.1. The van der Waals surface area contributed by atoms with Gasteiger partial charge in [-0.05, 0) is 54.9 Å². The summed E-state index contributed by atoms with van der Waals surface area (Å²) in [7, 11) is 0. The van der Waals surface area contributed by atoms with E-state index in [1.54, 1.807) is 9.40 Å². The van der Waals surface area contributed by atoms with E-state index in [-0.39, 0.29) is 0 Å². The zero-order chi connectivity index (χ0) is 70.2. The first kappa shape index (κ1) is 83.9. The van der Waals surface area contributed by atoms with Crippen LogP contribution in [0.3, 0.4) is 0 Å². The molecular formula is C88H141NO5S2Sn2. The Bertz CT molecular complexity index is 3000. The van der Waals surface area contributed by atoms with Crippen molar-refractivity contribution >= 4 is 110 Å². The van der Waals surface area contributed by atoms with E-state index in [9.17, 15) is 0 Å². The van der Waals surface area contributed by atoms with Gasteiger partial charge in [-0.2, -0.15) is 0 Å². The van der Waals surface area contributed by atoms with Crippen molar-refractivity contribution in [2.75, 3.05) is 33.0 Å². The third-order valence-corrected chi connectivity index (χ3v) is 60.0. The molecule has 0 fully saturated rings. The number of unbranched alkanes of at least 4 members (excludes halogenated alkanes) is 21. The molecule has 3 heterocycles. The molecule has 0 amide bonds. The van der Waals surface area contributed by atoms with Crippen LogP contribution in [0.5, 0.6) is 28.7 Å². The molecule has 10 heteroatoms. The van der Waals surface area contributed by atoms with E-state index < -0.39 is 36.8 Å². The number of hydrogen-bond donors (Lipinski definition) is 0. The molecule has 0 unspecified atom stereocenters. The van der Waals surface area contributed by atoms with Crippen LogP contribution in [0, 0.1) is 11.8 Å². The van der Waals surface area contributed by atoms with Crippen molar-refractivity contribution in [3.05, 3.63) is 82.9 Å². The number of rotatable bonds is 57. The predicted molar refractivity (Wildman–Crippen MR) is 443 cm³/mol. The molecule has 6 aromatic rings. The van der Waals surface area contributed by atoms with E-state index in [0.29, 0.717) is 44.9 Å². The molecule has 0 aliphatic rings. The summed E-state index contributed by atoms with van der Waals surface area (Å²) in [5.74, 6) is 4.84. The zero-order valence-electron chi connectivity index (χ0n) is 64.9. The van der Waals surface area contributed by atoms with Gasteiger partial charge in [-0.1, -0.05) is 170 Å². The van der Waals surface area contributed by atoms with Gasteiger partial charge in [0.15, 0.2) is 11.5 Å². The fourth-order valence-corrected chi connectivity index (χ4v) is 54.7. The van der Waals surface area contributed by atoms with Gasteiger partial charge in [-0.3, -0.25) is 0 Å². The first-order valence-corrected chi connectivity index (χ1v) is 57.6. The average Bonchev–Trinajstić information content (AvgIpc) is 1.56. The normalized spacial score (nSPS) is 12.9. The minimum Gasteiger partial charge on any atom is -0.493 e. The molecule has 0 N–H and O–H groups in total. The van der Waals surface area contributed by atoms with Crippen molar-refractivity contribution in [2.24, 2.45) is 11.8 Å². The van der Waals surface area contributed by atoms with E-state index in [4.69, 9.17) is 23.7 Å². The molecule has 0 aliphatic heterocycles. The minimum atomic E-state index is -2.76. The Hall–Kier alpha value is -3.06. The third kappa shape index (κ3) is 26.6. The smallest absolute Gasteiger partial charge is 0.493 e. The van der Waals surface area contributed by atoms with Gasteiger partial charge in [0.05, 0.1) is 33.0 Å². The van der Waals surface area contributed by atoms with Gasteiger partial charge in [0.2, 0.25) is 5.75 Å². The maximum absolute atomic E-state index is 6.91. The van der Waals surface area contributed by atoms with Gasteiger partial charge in [0, 0.05) is 5.56 Å². The summed E-state index contributed by atoms with van der Waals surface area (Å²) < 4.78 is 52.8. The topological polar surface area (TPSA) is 51.1 Å². The van der Waals surface area contributed by atoms with E-state index in [2.05, 4.69) is 202 Å². The predicted octanol–water partition coefficient (Wildman–Crippen LogP) is 28.4. The van der Waals surface area contributed by atoms with Gasteiger partial charge in [-0.25, -0.2) is 0 Å². The molecule has 548 valence electrons. The summed E-state index contributed by atoms with van der Waals surface area (Å²) in [5, 5.41) is 0. The first-order valence-electron chi connectivity index (χ1n) is 41.0. The second-order valence-electron chi connectivity index (χ2n) is 29.7.